The molecule has 2 aliphatic rings. The molecule has 224 valence electrons. The first kappa shape index (κ1) is 28.8. The number of benzene rings is 3. The number of carboxylic acid groups (broad SMARTS) is 1. The lowest BCUT2D eigenvalue weighted by Crippen LogP contribution is -2.35. The summed E-state index contributed by atoms with van der Waals surface area (Å²) >= 11 is 0. The minimum absolute atomic E-state index is 0.122. The van der Waals surface area contributed by atoms with Crippen molar-refractivity contribution >= 4 is 28.9 Å². The quantitative estimate of drug-likeness (QED) is 0.195. The van der Waals surface area contributed by atoms with E-state index in [4.69, 9.17) is 19.9 Å². The highest BCUT2D eigenvalue weighted by Crippen LogP contribution is 2.33. The van der Waals surface area contributed by atoms with Crippen molar-refractivity contribution < 1.29 is 23.8 Å². The molecule has 3 N–H and O–H groups in total. The van der Waals surface area contributed by atoms with Crippen molar-refractivity contribution in [2.75, 3.05) is 32.1 Å². The Kier molecular flexibility index (Phi) is 8.40. The molecule has 6 rings (SSSR count). The minimum atomic E-state index is -0.951. The number of fused-ring (bicyclic) bond motifs is 1. The maximum Gasteiger partial charge on any atom is 0.335 e. The average molecular weight is 586 g/mol. The molecule has 0 bridgehead atoms. The Labute approximate surface area is 249 Å². The molecule has 10 heteroatoms. The standard InChI is InChI=1S/C33H36FN5O4/c1-36-29-14-21(2-3-25(29)17-35)20-43-31-16-23(4-6-27(31)34)22-8-11-38(12-9-22)19-32-37-28-7-5-24(33(40)41)15-30(28)39(32)18-26-10-13-42-26/h2-7,14-17,22,26,35-36H,8-13,18-20H2,1H3,(H,40,41). The van der Waals surface area contributed by atoms with Crippen LogP contribution in [0, 0.1) is 11.2 Å². The fourth-order valence-electron chi connectivity index (χ4n) is 5.97. The number of likely N-dealkylation sites (tertiary alicyclic amines) is 1. The van der Waals surface area contributed by atoms with Crippen LogP contribution < -0.4 is 10.1 Å². The topological polar surface area (TPSA) is 113 Å². The van der Waals surface area contributed by atoms with E-state index in [9.17, 15) is 14.3 Å². The van der Waals surface area contributed by atoms with Crippen molar-refractivity contribution in [3.8, 4) is 5.75 Å². The van der Waals surface area contributed by atoms with Crippen LogP contribution in [0.5, 0.6) is 5.75 Å². The third kappa shape index (κ3) is 6.25. The maximum absolute atomic E-state index is 14.7. The summed E-state index contributed by atoms with van der Waals surface area (Å²) in [5, 5.41) is 20.1. The maximum atomic E-state index is 14.7. The van der Waals surface area contributed by atoms with Gasteiger partial charge in [0.2, 0.25) is 0 Å². The molecule has 1 atom stereocenters. The Morgan fingerprint density at radius 2 is 1.98 bits per heavy atom. The average Bonchev–Trinajstić information content (AvgIpc) is 3.34. The summed E-state index contributed by atoms with van der Waals surface area (Å²) in [4.78, 5) is 18.9. The third-order valence-corrected chi connectivity index (χ3v) is 8.57. The van der Waals surface area contributed by atoms with Gasteiger partial charge in [-0.3, -0.25) is 4.90 Å². The Bertz CT molecular complexity index is 1640. The van der Waals surface area contributed by atoms with Crippen LogP contribution in [-0.4, -0.2) is 64.6 Å². The molecule has 2 aliphatic heterocycles. The van der Waals surface area contributed by atoms with Crippen LogP contribution in [0.15, 0.2) is 54.6 Å². The molecule has 3 aromatic carbocycles. The number of carbonyl (C=O) groups is 1. The van der Waals surface area contributed by atoms with Crippen molar-refractivity contribution in [3.63, 3.8) is 0 Å². The van der Waals surface area contributed by atoms with Crippen LogP contribution in [0.4, 0.5) is 10.1 Å². The lowest BCUT2D eigenvalue weighted by molar-refractivity contribution is -0.0592. The van der Waals surface area contributed by atoms with E-state index in [2.05, 4.69) is 14.8 Å². The number of aromatic nitrogens is 2. The van der Waals surface area contributed by atoms with Crippen LogP contribution >= 0.6 is 0 Å². The van der Waals surface area contributed by atoms with E-state index in [0.29, 0.717) is 19.0 Å². The molecule has 0 spiro atoms. The highest BCUT2D eigenvalue weighted by molar-refractivity contribution is 5.92. The monoisotopic (exact) mass is 585 g/mol. The van der Waals surface area contributed by atoms with Gasteiger partial charge >= 0.3 is 5.97 Å². The van der Waals surface area contributed by atoms with E-state index >= 15 is 0 Å². The molecule has 1 unspecified atom stereocenters. The van der Waals surface area contributed by atoms with Gasteiger partial charge in [-0.05, 0) is 85.8 Å². The number of anilines is 1. The number of rotatable bonds is 11. The van der Waals surface area contributed by atoms with Crippen LogP contribution in [0.25, 0.3) is 11.0 Å². The molecule has 2 fully saturated rings. The molecule has 0 aliphatic carbocycles. The zero-order valence-electron chi connectivity index (χ0n) is 24.2. The van der Waals surface area contributed by atoms with Gasteiger partial charge in [-0.2, -0.15) is 0 Å². The van der Waals surface area contributed by atoms with E-state index < -0.39 is 5.97 Å². The van der Waals surface area contributed by atoms with Gasteiger partial charge in [-0.1, -0.05) is 18.2 Å². The van der Waals surface area contributed by atoms with E-state index in [1.165, 1.54) is 12.3 Å². The van der Waals surface area contributed by atoms with E-state index in [-0.39, 0.29) is 29.8 Å². The van der Waals surface area contributed by atoms with Crippen molar-refractivity contribution in [1.29, 1.82) is 5.41 Å². The van der Waals surface area contributed by atoms with E-state index in [0.717, 1.165) is 78.2 Å². The lowest BCUT2D eigenvalue weighted by atomic mass is 9.89. The third-order valence-electron chi connectivity index (χ3n) is 8.57. The molecule has 1 aromatic heterocycles. The van der Waals surface area contributed by atoms with E-state index in [1.807, 2.05) is 30.3 Å². The van der Waals surface area contributed by atoms with Gasteiger partial charge in [0.25, 0.3) is 0 Å². The van der Waals surface area contributed by atoms with Gasteiger partial charge in [0.1, 0.15) is 12.4 Å². The first-order valence-corrected chi connectivity index (χ1v) is 14.7. The molecule has 43 heavy (non-hydrogen) atoms. The minimum Gasteiger partial charge on any atom is -0.486 e. The Morgan fingerprint density at radius 3 is 2.67 bits per heavy atom. The van der Waals surface area contributed by atoms with Gasteiger partial charge in [-0.15, -0.1) is 0 Å². The summed E-state index contributed by atoms with van der Waals surface area (Å²) in [6.07, 6.45) is 4.26. The largest absolute Gasteiger partial charge is 0.486 e. The number of halogens is 1. The van der Waals surface area contributed by atoms with E-state index in [1.54, 1.807) is 25.2 Å². The van der Waals surface area contributed by atoms with Crippen molar-refractivity contribution in [2.45, 2.75) is 51.0 Å². The number of nitrogens with zero attached hydrogens (tertiary/aromatic N) is 3. The molecule has 0 amide bonds. The van der Waals surface area contributed by atoms with Gasteiger partial charge in [0, 0.05) is 31.1 Å². The molecular formula is C33H36FN5O4. The molecule has 0 saturated carbocycles. The smallest absolute Gasteiger partial charge is 0.335 e. The summed E-state index contributed by atoms with van der Waals surface area (Å²) in [6.45, 7) is 4.05. The zero-order valence-corrected chi connectivity index (χ0v) is 24.2. The fourth-order valence-corrected chi connectivity index (χ4v) is 5.97. The lowest BCUT2D eigenvalue weighted by Gasteiger charge is -2.33. The van der Waals surface area contributed by atoms with Crippen LogP contribution in [-0.2, 0) is 24.4 Å². The first-order valence-electron chi connectivity index (χ1n) is 14.7. The second-order valence-electron chi connectivity index (χ2n) is 11.3. The summed E-state index contributed by atoms with van der Waals surface area (Å²) in [5.41, 5.74) is 5.44. The second-order valence-corrected chi connectivity index (χ2v) is 11.3. The zero-order chi connectivity index (χ0) is 29.9. The van der Waals surface area contributed by atoms with Crippen LogP contribution in [0.2, 0.25) is 0 Å². The number of carboxylic acids is 1. The predicted octanol–water partition coefficient (Wildman–Crippen LogP) is 5.66. The first-order chi connectivity index (χ1) is 20.9. The Balaban J connectivity index is 1.11. The Hall–Kier alpha value is -4.28. The van der Waals surface area contributed by atoms with Crippen molar-refractivity contribution in [2.24, 2.45) is 0 Å². The molecule has 3 heterocycles. The number of imidazole rings is 1. The van der Waals surface area contributed by atoms with Crippen molar-refractivity contribution in [3.05, 3.63) is 88.5 Å². The van der Waals surface area contributed by atoms with Gasteiger partial charge in [0.15, 0.2) is 11.6 Å². The summed E-state index contributed by atoms with van der Waals surface area (Å²) in [7, 11) is 1.80. The van der Waals surface area contributed by atoms with Crippen LogP contribution in [0.3, 0.4) is 0 Å². The molecule has 4 aromatic rings. The second kappa shape index (κ2) is 12.5. The normalized spacial score (nSPS) is 17.5. The van der Waals surface area contributed by atoms with Gasteiger partial charge < -0.3 is 29.9 Å². The molecule has 2 saturated heterocycles. The number of hydrogen-bond acceptors (Lipinski definition) is 7. The summed E-state index contributed by atoms with van der Waals surface area (Å²) in [6, 6.07) is 15.9. The Morgan fingerprint density at radius 1 is 1.16 bits per heavy atom. The number of aromatic carboxylic acids is 1. The van der Waals surface area contributed by atoms with Crippen molar-refractivity contribution in [1.82, 2.24) is 14.5 Å². The van der Waals surface area contributed by atoms with Crippen LogP contribution in [0.1, 0.15) is 58.1 Å². The molecular weight excluding hydrogens is 549 g/mol. The highest BCUT2D eigenvalue weighted by Gasteiger charge is 2.26. The predicted molar refractivity (Wildman–Crippen MR) is 163 cm³/mol. The van der Waals surface area contributed by atoms with Gasteiger partial charge in [-0.25, -0.2) is 14.2 Å². The summed E-state index contributed by atoms with van der Waals surface area (Å²) < 4.78 is 28.4. The highest BCUT2D eigenvalue weighted by atomic mass is 19.1. The number of hydrogen-bond donors (Lipinski definition) is 3. The summed E-state index contributed by atoms with van der Waals surface area (Å²) in [5.74, 6) is 0.121. The number of ether oxygens (including phenoxy) is 2. The number of piperidine rings is 1. The fraction of sp³-hybridized carbons (Fsp3) is 0.364. The van der Waals surface area contributed by atoms with Gasteiger partial charge in [0.05, 0.1) is 35.8 Å². The molecule has 9 nitrogen and oxygen atoms in total. The number of nitrogens with one attached hydrogen (secondary N) is 2. The molecule has 0 radical (unpaired) electrons. The SMILES string of the molecule is CNc1cc(COc2cc(C3CCN(Cc4nc5ccc(C(=O)O)cc5n4CC4CCO4)CC3)ccc2F)ccc1C=N.